The smallest absolute Gasteiger partial charge is 0.237 e. The van der Waals surface area contributed by atoms with Gasteiger partial charge in [-0.1, -0.05) is 18.2 Å². The van der Waals surface area contributed by atoms with E-state index < -0.39 is 6.10 Å². The number of β-amino-alcohol motifs (C(OH)–C–C–N with tert-alkyl or cyclic N) is 1. The van der Waals surface area contributed by atoms with Crippen LogP contribution in [-0.2, 0) is 4.79 Å². The fourth-order valence-electron chi connectivity index (χ4n) is 2.68. The molecule has 1 saturated heterocycles. The van der Waals surface area contributed by atoms with E-state index in [2.05, 4.69) is 22.8 Å². The Morgan fingerprint density at radius 3 is 3.05 bits per heavy atom. The van der Waals surface area contributed by atoms with E-state index in [0.29, 0.717) is 13.0 Å². The maximum absolute atomic E-state index is 12.2. The first-order chi connectivity index (χ1) is 9.24. The standard InChI is InChI=1S/C14H18N2O2S/c17-9-7-12(15-8-9)14(18)16-11-5-6-19-13-4-2-1-3-10(11)13/h1-4,9,11-12,15,17H,5-8H2,(H,16,18)/t9-,11+,12+/m0/s1. The van der Waals surface area contributed by atoms with Crippen molar-refractivity contribution in [2.24, 2.45) is 0 Å². The molecule has 0 radical (unpaired) electrons. The molecule has 0 aliphatic carbocycles. The lowest BCUT2D eigenvalue weighted by molar-refractivity contribution is -0.123. The summed E-state index contributed by atoms with van der Waals surface area (Å²) in [4.78, 5) is 13.4. The van der Waals surface area contributed by atoms with E-state index in [1.165, 1.54) is 10.5 Å². The molecule has 2 aliphatic rings. The molecule has 0 unspecified atom stereocenters. The van der Waals surface area contributed by atoms with Crippen molar-refractivity contribution >= 4 is 17.7 Å². The zero-order valence-corrected chi connectivity index (χ0v) is 11.5. The Bertz CT molecular complexity index is 480. The predicted octanol–water partition coefficient (Wildman–Crippen LogP) is 1.06. The van der Waals surface area contributed by atoms with Crippen molar-refractivity contribution in [2.45, 2.75) is 35.9 Å². The van der Waals surface area contributed by atoms with Gasteiger partial charge in [0.2, 0.25) is 5.91 Å². The molecule has 1 aromatic rings. The van der Waals surface area contributed by atoms with Gasteiger partial charge in [0, 0.05) is 17.2 Å². The van der Waals surface area contributed by atoms with Gasteiger partial charge in [-0.25, -0.2) is 0 Å². The van der Waals surface area contributed by atoms with Crippen LogP contribution in [-0.4, -0.2) is 35.5 Å². The van der Waals surface area contributed by atoms with Crippen LogP contribution in [0.2, 0.25) is 0 Å². The van der Waals surface area contributed by atoms with Crippen molar-refractivity contribution in [1.82, 2.24) is 10.6 Å². The molecule has 0 aromatic heterocycles. The number of rotatable bonds is 2. The number of aliphatic hydroxyl groups excluding tert-OH is 1. The number of benzene rings is 1. The Morgan fingerprint density at radius 1 is 1.42 bits per heavy atom. The lowest BCUT2D eigenvalue weighted by Crippen LogP contribution is -2.42. The Kier molecular flexibility index (Phi) is 3.77. The van der Waals surface area contributed by atoms with Gasteiger partial charge in [-0.2, -0.15) is 0 Å². The molecule has 0 saturated carbocycles. The van der Waals surface area contributed by atoms with Gasteiger partial charge in [0.25, 0.3) is 0 Å². The summed E-state index contributed by atoms with van der Waals surface area (Å²) in [5, 5.41) is 15.6. The summed E-state index contributed by atoms with van der Waals surface area (Å²) in [5.74, 6) is 1.03. The number of hydrogen-bond donors (Lipinski definition) is 3. The minimum atomic E-state index is -0.398. The van der Waals surface area contributed by atoms with E-state index in [-0.39, 0.29) is 18.0 Å². The fraction of sp³-hybridized carbons (Fsp3) is 0.500. The molecule has 1 aromatic carbocycles. The van der Waals surface area contributed by atoms with Gasteiger partial charge in [0.15, 0.2) is 0 Å². The minimum Gasteiger partial charge on any atom is -0.392 e. The molecule has 2 aliphatic heterocycles. The highest BCUT2D eigenvalue weighted by Crippen LogP contribution is 2.35. The number of fused-ring (bicyclic) bond motifs is 1. The van der Waals surface area contributed by atoms with Crippen LogP contribution in [0.25, 0.3) is 0 Å². The first kappa shape index (κ1) is 13.0. The van der Waals surface area contributed by atoms with Gasteiger partial charge in [0.1, 0.15) is 0 Å². The van der Waals surface area contributed by atoms with Crippen LogP contribution >= 0.6 is 11.8 Å². The lowest BCUT2D eigenvalue weighted by atomic mass is 10.0. The third-order valence-electron chi connectivity index (χ3n) is 3.70. The normalized spacial score (nSPS) is 29.8. The third-order valence-corrected chi connectivity index (χ3v) is 4.82. The summed E-state index contributed by atoms with van der Waals surface area (Å²) >= 11 is 1.85. The first-order valence-electron chi connectivity index (χ1n) is 6.67. The lowest BCUT2D eigenvalue weighted by Gasteiger charge is -2.27. The van der Waals surface area contributed by atoms with Crippen molar-refractivity contribution in [1.29, 1.82) is 0 Å². The molecule has 19 heavy (non-hydrogen) atoms. The molecule has 102 valence electrons. The molecule has 1 fully saturated rings. The van der Waals surface area contributed by atoms with Crippen molar-refractivity contribution in [3.8, 4) is 0 Å². The maximum Gasteiger partial charge on any atom is 0.237 e. The topological polar surface area (TPSA) is 61.4 Å². The number of thioether (sulfide) groups is 1. The number of nitrogens with one attached hydrogen (secondary N) is 2. The van der Waals surface area contributed by atoms with Crippen LogP contribution in [0.3, 0.4) is 0 Å². The van der Waals surface area contributed by atoms with Gasteiger partial charge in [-0.15, -0.1) is 11.8 Å². The van der Waals surface area contributed by atoms with Crippen LogP contribution < -0.4 is 10.6 Å². The van der Waals surface area contributed by atoms with E-state index in [1.807, 2.05) is 23.9 Å². The van der Waals surface area contributed by atoms with Crippen molar-refractivity contribution < 1.29 is 9.90 Å². The second-order valence-corrected chi connectivity index (χ2v) is 6.22. The SMILES string of the molecule is O=C(N[C@@H]1CCSc2ccccc21)[C@H]1C[C@H](O)CN1. The van der Waals surface area contributed by atoms with Crippen LogP contribution in [0.15, 0.2) is 29.2 Å². The van der Waals surface area contributed by atoms with Crippen LogP contribution in [0, 0.1) is 0 Å². The monoisotopic (exact) mass is 278 g/mol. The van der Waals surface area contributed by atoms with E-state index in [1.54, 1.807) is 0 Å². The number of carbonyl (C=O) groups is 1. The molecule has 3 N–H and O–H groups in total. The zero-order valence-electron chi connectivity index (χ0n) is 10.6. The Labute approximate surface area is 117 Å². The average molecular weight is 278 g/mol. The molecular weight excluding hydrogens is 260 g/mol. The molecule has 3 rings (SSSR count). The molecule has 5 heteroatoms. The summed E-state index contributed by atoms with van der Waals surface area (Å²) in [6, 6.07) is 8.09. The molecule has 0 spiro atoms. The third kappa shape index (κ3) is 2.78. The van der Waals surface area contributed by atoms with Gasteiger partial charge in [0.05, 0.1) is 18.2 Å². The quantitative estimate of drug-likeness (QED) is 0.757. The Hall–Kier alpha value is -1.04. The molecule has 0 bridgehead atoms. The first-order valence-corrected chi connectivity index (χ1v) is 7.66. The molecule has 4 nitrogen and oxygen atoms in total. The number of carbonyl (C=O) groups excluding carboxylic acids is 1. The van der Waals surface area contributed by atoms with E-state index in [0.717, 1.165) is 12.2 Å². The minimum absolute atomic E-state index is 0.00301. The number of aliphatic hydroxyl groups is 1. The van der Waals surface area contributed by atoms with Gasteiger partial charge in [-0.3, -0.25) is 4.79 Å². The second kappa shape index (κ2) is 5.53. The number of amides is 1. The fourth-order valence-corrected chi connectivity index (χ4v) is 3.81. The highest BCUT2D eigenvalue weighted by molar-refractivity contribution is 7.99. The zero-order chi connectivity index (χ0) is 13.2. The molecule has 1 amide bonds. The molecule has 3 atom stereocenters. The summed E-state index contributed by atoms with van der Waals surface area (Å²) in [6.45, 7) is 0.509. The van der Waals surface area contributed by atoms with E-state index in [4.69, 9.17) is 0 Å². The second-order valence-electron chi connectivity index (χ2n) is 5.09. The van der Waals surface area contributed by atoms with Gasteiger partial charge < -0.3 is 15.7 Å². The van der Waals surface area contributed by atoms with Crippen molar-refractivity contribution in [2.75, 3.05) is 12.3 Å². The Balaban J connectivity index is 1.69. The van der Waals surface area contributed by atoms with Crippen LogP contribution in [0.5, 0.6) is 0 Å². The summed E-state index contributed by atoms with van der Waals surface area (Å²) in [7, 11) is 0. The summed E-state index contributed by atoms with van der Waals surface area (Å²) in [5.41, 5.74) is 1.21. The average Bonchev–Trinajstić information content (AvgIpc) is 2.86. The van der Waals surface area contributed by atoms with E-state index >= 15 is 0 Å². The molecular formula is C14H18N2O2S. The highest BCUT2D eigenvalue weighted by atomic mass is 32.2. The largest absolute Gasteiger partial charge is 0.392 e. The maximum atomic E-state index is 12.2. The van der Waals surface area contributed by atoms with E-state index in [9.17, 15) is 9.90 Å². The number of hydrogen-bond acceptors (Lipinski definition) is 4. The van der Waals surface area contributed by atoms with Crippen molar-refractivity contribution in [3.05, 3.63) is 29.8 Å². The Morgan fingerprint density at radius 2 is 2.26 bits per heavy atom. The van der Waals surface area contributed by atoms with Crippen LogP contribution in [0.4, 0.5) is 0 Å². The summed E-state index contributed by atoms with van der Waals surface area (Å²) < 4.78 is 0. The predicted molar refractivity (Wildman–Crippen MR) is 75.1 cm³/mol. The van der Waals surface area contributed by atoms with Crippen LogP contribution in [0.1, 0.15) is 24.4 Å². The highest BCUT2D eigenvalue weighted by Gasteiger charge is 2.30. The van der Waals surface area contributed by atoms with Gasteiger partial charge in [-0.05, 0) is 24.5 Å². The molecule has 2 heterocycles. The van der Waals surface area contributed by atoms with Crippen molar-refractivity contribution in [3.63, 3.8) is 0 Å². The summed E-state index contributed by atoms with van der Waals surface area (Å²) in [6.07, 6.45) is 1.07. The van der Waals surface area contributed by atoms with Gasteiger partial charge >= 0.3 is 0 Å².